The number of fused-ring (bicyclic) bond motifs is 2. The molecule has 2 bridgehead atoms. The number of anilines is 2. The number of amides is 4. The number of hydrogen-bond donors (Lipinski definition) is 4. The van der Waals surface area contributed by atoms with Crippen LogP contribution in [0.5, 0.6) is 0 Å². The Labute approximate surface area is 190 Å². The summed E-state index contributed by atoms with van der Waals surface area (Å²) in [4.78, 5) is 24.7. The molecule has 8 nitrogen and oxygen atoms in total. The molecule has 4 N–H and O–H groups in total. The maximum atomic E-state index is 12.3. The van der Waals surface area contributed by atoms with Crippen LogP contribution in [0.25, 0.3) is 0 Å². The summed E-state index contributed by atoms with van der Waals surface area (Å²) in [6.45, 7) is 0. The lowest BCUT2D eigenvalue weighted by molar-refractivity contribution is 0.0654. The number of benzene rings is 2. The topological polar surface area (TPSA) is 107 Å². The minimum atomic E-state index is -0.319. The summed E-state index contributed by atoms with van der Waals surface area (Å²) in [7, 11) is 0. The van der Waals surface area contributed by atoms with Crippen molar-refractivity contribution in [1.29, 1.82) is 0 Å². The molecule has 5 saturated carbocycles. The Hall–Kier alpha value is -3.68. The molecule has 0 saturated heterocycles. The van der Waals surface area contributed by atoms with Gasteiger partial charge in [0.1, 0.15) is 0 Å². The van der Waals surface area contributed by atoms with Crippen molar-refractivity contribution in [2.24, 2.45) is 57.5 Å². The van der Waals surface area contributed by atoms with Gasteiger partial charge in [-0.3, -0.25) is 0 Å². The van der Waals surface area contributed by atoms with Crippen molar-refractivity contribution in [2.75, 3.05) is 10.6 Å². The number of urea groups is 2. The second-order valence-electron chi connectivity index (χ2n) is 9.76. The average Bonchev–Trinajstić information content (AvgIpc) is 3.36. The Kier molecular flexibility index (Phi) is 3.95. The van der Waals surface area contributed by atoms with Crippen molar-refractivity contribution < 1.29 is 9.59 Å². The summed E-state index contributed by atoms with van der Waals surface area (Å²) >= 11 is 0. The van der Waals surface area contributed by atoms with Gasteiger partial charge < -0.3 is 10.6 Å². The van der Waals surface area contributed by atoms with Gasteiger partial charge in [0.15, 0.2) is 0 Å². The van der Waals surface area contributed by atoms with Gasteiger partial charge >= 0.3 is 12.1 Å². The number of nitrogens with one attached hydrogen (secondary N) is 4. The minimum Gasteiger partial charge on any atom is -0.307 e. The zero-order valence-corrected chi connectivity index (χ0v) is 17.8. The largest absolute Gasteiger partial charge is 0.339 e. The van der Waals surface area contributed by atoms with Crippen LogP contribution in [-0.2, 0) is 0 Å². The molecule has 166 valence electrons. The molecule has 8 heteroatoms. The highest BCUT2D eigenvalue weighted by atomic mass is 16.2. The van der Waals surface area contributed by atoms with Crippen LogP contribution in [0.15, 0.2) is 70.9 Å². The highest BCUT2D eigenvalue weighted by molar-refractivity contribution is 6.11. The average molecular weight is 441 g/mol. The Morgan fingerprint density at radius 2 is 1.06 bits per heavy atom. The van der Waals surface area contributed by atoms with Gasteiger partial charge in [-0.25, -0.2) is 20.4 Å². The third-order valence-electron chi connectivity index (χ3n) is 8.51. The van der Waals surface area contributed by atoms with Crippen LogP contribution < -0.4 is 21.5 Å². The summed E-state index contributed by atoms with van der Waals surface area (Å²) in [6.07, 6.45) is 1.22. The molecular weight excluding hydrogens is 416 g/mol. The van der Waals surface area contributed by atoms with Crippen molar-refractivity contribution in [3.05, 3.63) is 60.7 Å². The molecule has 5 fully saturated rings. The van der Waals surface area contributed by atoms with E-state index < -0.39 is 0 Å². The monoisotopic (exact) mass is 440 g/mol. The molecular formula is C25H24N6O2. The molecule has 0 aliphatic heterocycles. The van der Waals surface area contributed by atoms with Gasteiger partial charge in [0, 0.05) is 46.5 Å². The molecule has 0 radical (unpaired) electrons. The van der Waals surface area contributed by atoms with Crippen LogP contribution >= 0.6 is 0 Å². The molecule has 5 aliphatic rings. The first-order valence-electron chi connectivity index (χ1n) is 11.6. The molecule has 0 heterocycles. The van der Waals surface area contributed by atoms with E-state index in [4.69, 9.17) is 0 Å². The lowest BCUT2D eigenvalue weighted by atomic mass is 9.59. The summed E-state index contributed by atoms with van der Waals surface area (Å²) in [5.41, 5.74) is 9.23. The van der Waals surface area contributed by atoms with Gasteiger partial charge in [0.05, 0.1) is 0 Å². The third kappa shape index (κ3) is 2.63. The maximum Gasteiger partial charge on any atom is 0.339 e. The molecule has 2 aromatic carbocycles. The summed E-state index contributed by atoms with van der Waals surface area (Å²) in [6, 6.07) is 18.1. The fraction of sp³-hybridized carbons (Fsp3) is 0.360. The van der Waals surface area contributed by atoms with E-state index in [0.717, 1.165) is 22.8 Å². The molecule has 0 spiro atoms. The predicted octanol–water partition coefficient (Wildman–Crippen LogP) is 3.73. The fourth-order valence-electron chi connectivity index (χ4n) is 7.75. The highest BCUT2D eigenvalue weighted by Crippen LogP contribution is 2.80. The molecule has 8 unspecified atom stereocenters. The first-order valence-corrected chi connectivity index (χ1v) is 11.6. The minimum absolute atomic E-state index is 0.319. The van der Waals surface area contributed by atoms with Crippen molar-refractivity contribution in [3.63, 3.8) is 0 Å². The quantitative estimate of drug-likeness (QED) is 0.544. The van der Waals surface area contributed by atoms with Crippen molar-refractivity contribution in [1.82, 2.24) is 10.9 Å². The number of carbonyl (C=O) groups excluding carboxylic acids is 2. The van der Waals surface area contributed by atoms with Crippen molar-refractivity contribution in [3.8, 4) is 0 Å². The van der Waals surface area contributed by atoms with Gasteiger partial charge in [-0.1, -0.05) is 36.4 Å². The summed E-state index contributed by atoms with van der Waals surface area (Å²) in [5, 5.41) is 14.9. The Balaban J connectivity index is 1.07. The van der Waals surface area contributed by atoms with Crippen LogP contribution in [0.3, 0.4) is 0 Å². The van der Waals surface area contributed by atoms with E-state index in [0.29, 0.717) is 47.3 Å². The number of nitrogens with zero attached hydrogens (tertiary/aromatic N) is 2. The van der Waals surface area contributed by atoms with Crippen LogP contribution in [0.1, 0.15) is 6.42 Å². The predicted molar refractivity (Wildman–Crippen MR) is 125 cm³/mol. The lowest BCUT2D eigenvalue weighted by Crippen LogP contribution is -2.49. The van der Waals surface area contributed by atoms with E-state index >= 15 is 0 Å². The first kappa shape index (κ1) is 18.8. The second-order valence-corrected chi connectivity index (χ2v) is 9.76. The Bertz CT molecular complexity index is 1100. The molecule has 0 aromatic heterocycles. The standard InChI is InChI=1S/C25H24N6O2/c32-24(26-12-7-3-1-4-8-12)30-28-22-18-14-11-15-17-16(14)20(22)21(17)23(19(15)18)29-31-25(33)27-13-9-5-2-6-10-13/h1-10,14-21H,11H2,(H2,26,30,32)(H2,27,31,33). The van der Waals surface area contributed by atoms with Crippen molar-refractivity contribution >= 4 is 34.9 Å². The summed E-state index contributed by atoms with van der Waals surface area (Å²) in [5.74, 6) is 4.02. The van der Waals surface area contributed by atoms with E-state index in [1.54, 1.807) is 0 Å². The smallest absolute Gasteiger partial charge is 0.307 e. The Morgan fingerprint density at radius 1 is 0.636 bits per heavy atom. The number of rotatable bonds is 4. The van der Waals surface area contributed by atoms with Gasteiger partial charge in [-0.15, -0.1) is 0 Å². The highest BCUT2D eigenvalue weighted by Gasteiger charge is 2.82. The lowest BCUT2D eigenvalue weighted by Gasteiger charge is -2.44. The van der Waals surface area contributed by atoms with Crippen LogP contribution in [-0.4, -0.2) is 23.5 Å². The first-order chi connectivity index (χ1) is 16.2. The number of carbonyl (C=O) groups is 2. The van der Waals surface area contributed by atoms with E-state index in [1.165, 1.54) is 6.42 Å². The molecule has 33 heavy (non-hydrogen) atoms. The molecule has 2 aromatic rings. The van der Waals surface area contributed by atoms with E-state index in [2.05, 4.69) is 31.7 Å². The van der Waals surface area contributed by atoms with Gasteiger partial charge in [-0.2, -0.15) is 10.2 Å². The second kappa shape index (κ2) is 6.91. The van der Waals surface area contributed by atoms with Gasteiger partial charge in [0.25, 0.3) is 0 Å². The van der Waals surface area contributed by atoms with Gasteiger partial charge in [-0.05, 0) is 54.4 Å². The summed E-state index contributed by atoms with van der Waals surface area (Å²) < 4.78 is 0. The van der Waals surface area contributed by atoms with E-state index in [9.17, 15) is 9.59 Å². The zero-order chi connectivity index (χ0) is 22.1. The molecule has 5 aliphatic carbocycles. The molecule has 8 atom stereocenters. The normalized spacial score (nSPS) is 37.9. The number of hydrogen-bond acceptors (Lipinski definition) is 4. The van der Waals surface area contributed by atoms with Crippen LogP contribution in [0.2, 0.25) is 0 Å². The Morgan fingerprint density at radius 3 is 1.48 bits per heavy atom. The van der Waals surface area contributed by atoms with E-state index in [-0.39, 0.29) is 12.1 Å². The number of hydrazone groups is 2. The molecule has 7 rings (SSSR count). The fourth-order valence-corrected chi connectivity index (χ4v) is 7.75. The number of para-hydroxylation sites is 2. The van der Waals surface area contributed by atoms with E-state index in [1.807, 2.05) is 60.7 Å². The third-order valence-corrected chi connectivity index (χ3v) is 8.51. The SMILES string of the molecule is O=C(NN=C1C2C3CC4C2C(=NNC(=O)Nc2ccccc2)C2C1C3C42)Nc1ccccc1. The zero-order valence-electron chi connectivity index (χ0n) is 17.8. The van der Waals surface area contributed by atoms with Crippen molar-refractivity contribution in [2.45, 2.75) is 6.42 Å². The van der Waals surface area contributed by atoms with Crippen LogP contribution in [0, 0.1) is 47.3 Å². The van der Waals surface area contributed by atoms with Crippen LogP contribution in [0.4, 0.5) is 21.0 Å². The van der Waals surface area contributed by atoms with Gasteiger partial charge in [0.2, 0.25) is 0 Å². The maximum absolute atomic E-state index is 12.3. The molecule has 4 amide bonds.